The lowest BCUT2D eigenvalue weighted by atomic mass is 9.78. The lowest BCUT2D eigenvalue weighted by Gasteiger charge is -2.45. The number of rotatable bonds is 7. The molecule has 1 aromatic rings. The summed E-state index contributed by atoms with van der Waals surface area (Å²) in [5.74, 6) is -7.76. The van der Waals surface area contributed by atoms with Crippen molar-refractivity contribution in [1.29, 1.82) is 0 Å². The van der Waals surface area contributed by atoms with Crippen molar-refractivity contribution in [2.45, 2.75) is 70.3 Å². The number of alkyl halides is 2. The predicted octanol–water partition coefficient (Wildman–Crippen LogP) is 4.57. The molecule has 0 aliphatic carbocycles. The molecule has 0 amide bonds. The van der Waals surface area contributed by atoms with Crippen molar-refractivity contribution < 1.29 is 40.5 Å². The highest BCUT2D eigenvalue weighted by Gasteiger charge is 2.65. The van der Waals surface area contributed by atoms with Crippen LogP contribution < -0.4 is 4.72 Å². The molecule has 0 heterocycles. The van der Waals surface area contributed by atoms with E-state index in [2.05, 4.69) is 25.7 Å². The SMILES string of the molecule is CC(=O)OOC(C)(C)C(F)(F)C(C)(NS(=O)(=O)C(C)(C)C)c1cc(Br)c(F)cc1F. The van der Waals surface area contributed by atoms with Gasteiger partial charge in [-0.25, -0.2) is 30.8 Å². The molecule has 1 unspecified atom stereocenters. The van der Waals surface area contributed by atoms with Crippen LogP contribution in [0.5, 0.6) is 0 Å². The second-order valence-corrected chi connectivity index (χ2v) is 11.6. The van der Waals surface area contributed by atoms with Crippen molar-refractivity contribution in [2.24, 2.45) is 0 Å². The first-order chi connectivity index (χ1) is 13.2. The fraction of sp³-hybridized carbons (Fsp3) is 0.611. The average Bonchev–Trinajstić information content (AvgIpc) is 2.54. The summed E-state index contributed by atoms with van der Waals surface area (Å²) >= 11 is 2.79. The van der Waals surface area contributed by atoms with E-state index in [9.17, 15) is 22.0 Å². The first-order valence-corrected chi connectivity index (χ1v) is 10.9. The van der Waals surface area contributed by atoms with Gasteiger partial charge in [-0.2, -0.15) is 9.61 Å². The van der Waals surface area contributed by atoms with Crippen LogP contribution in [0.3, 0.4) is 0 Å². The molecule has 0 bridgehead atoms. The van der Waals surface area contributed by atoms with Gasteiger partial charge >= 0.3 is 11.9 Å². The summed E-state index contributed by atoms with van der Waals surface area (Å²) in [5.41, 5.74) is -6.47. The van der Waals surface area contributed by atoms with Gasteiger partial charge in [0.1, 0.15) is 17.2 Å². The maximum Gasteiger partial charge on any atom is 0.339 e. The van der Waals surface area contributed by atoms with E-state index in [1.165, 1.54) is 20.8 Å². The zero-order valence-corrected chi connectivity index (χ0v) is 19.9. The van der Waals surface area contributed by atoms with Crippen molar-refractivity contribution in [1.82, 2.24) is 4.72 Å². The van der Waals surface area contributed by atoms with Gasteiger partial charge in [-0.3, -0.25) is 4.89 Å². The van der Waals surface area contributed by atoms with E-state index < -0.39 is 55.0 Å². The van der Waals surface area contributed by atoms with Crippen molar-refractivity contribution in [3.8, 4) is 0 Å². The smallest absolute Gasteiger partial charge is 0.298 e. The zero-order valence-electron chi connectivity index (χ0n) is 17.5. The Bertz CT molecular complexity index is 931. The van der Waals surface area contributed by atoms with Gasteiger partial charge in [0.2, 0.25) is 10.0 Å². The van der Waals surface area contributed by atoms with E-state index >= 15 is 8.78 Å². The van der Waals surface area contributed by atoms with Crippen LogP contribution in [0.4, 0.5) is 17.6 Å². The Morgan fingerprint density at radius 2 is 1.53 bits per heavy atom. The normalized spacial score (nSPS) is 15.6. The molecule has 0 fully saturated rings. The summed E-state index contributed by atoms with van der Waals surface area (Å²) in [6.45, 7) is 7.07. The van der Waals surface area contributed by atoms with Gasteiger partial charge in [-0.05, 0) is 63.5 Å². The van der Waals surface area contributed by atoms with Gasteiger partial charge in [-0.1, -0.05) is 0 Å². The van der Waals surface area contributed by atoms with Crippen molar-refractivity contribution in [2.75, 3.05) is 0 Å². The van der Waals surface area contributed by atoms with Gasteiger partial charge in [0.15, 0.2) is 5.60 Å². The number of nitrogens with one attached hydrogen (secondary N) is 1. The second kappa shape index (κ2) is 8.36. The van der Waals surface area contributed by atoms with E-state index in [0.29, 0.717) is 12.1 Å². The molecular weight excluding hydrogens is 498 g/mol. The first kappa shape index (κ1) is 26.8. The molecular formula is C18H24BrF4NO5S. The number of hydrogen-bond donors (Lipinski definition) is 1. The minimum absolute atomic E-state index is 0.346. The predicted molar refractivity (Wildman–Crippen MR) is 105 cm³/mol. The third kappa shape index (κ3) is 4.97. The third-order valence-corrected chi connectivity index (χ3v) is 7.34. The van der Waals surface area contributed by atoms with Crippen LogP contribution >= 0.6 is 15.9 Å². The van der Waals surface area contributed by atoms with Crippen molar-refractivity contribution in [3.63, 3.8) is 0 Å². The molecule has 0 saturated heterocycles. The largest absolute Gasteiger partial charge is 0.339 e. The number of sulfonamides is 1. The Kier molecular flexibility index (Phi) is 7.47. The van der Waals surface area contributed by atoms with Crippen LogP contribution in [0.1, 0.15) is 54.0 Å². The van der Waals surface area contributed by atoms with Gasteiger partial charge in [-0.15, -0.1) is 0 Å². The molecule has 0 saturated carbocycles. The molecule has 0 aliphatic heterocycles. The highest BCUT2D eigenvalue weighted by molar-refractivity contribution is 9.10. The minimum Gasteiger partial charge on any atom is -0.298 e. The first-order valence-electron chi connectivity index (χ1n) is 8.62. The molecule has 0 aliphatic rings. The summed E-state index contributed by atoms with van der Waals surface area (Å²) < 4.78 is 85.5. The summed E-state index contributed by atoms with van der Waals surface area (Å²) in [4.78, 5) is 19.8. The summed E-state index contributed by atoms with van der Waals surface area (Å²) in [6.07, 6.45) is 0. The fourth-order valence-corrected chi connectivity index (χ4v) is 3.86. The van der Waals surface area contributed by atoms with Gasteiger partial charge in [0.05, 0.1) is 9.22 Å². The minimum atomic E-state index is -4.49. The number of hydrogen-bond acceptors (Lipinski definition) is 5. The quantitative estimate of drug-likeness (QED) is 0.246. The van der Waals surface area contributed by atoms with Crippen LogP contribution in [-0.4, -0.2) is 30.7 Å². The Morgan fingerprint density at radius 3 is 1.97 bits per heavy atom. The monoisotopic (exact) mass is 521 g/mol. The molecule has 30 heavy (non-hydrogen) atoms. The summed E-state index contributed by atoms with van der Waals surface area (Å²) in [7, 11) is -4.49. The van der Waals surface area contributed by atoms with E-state index in [-0.39, 0.29) is 4.47 Å². The van der Waals surface area contributed by atoms with Crippen molar-refractivity contribution in [3.05, 3.63) is 33.8 Å². The summed E-state index contributed by atoms with van der Waals surface area (Å²) in [5, 5.41) is 0. The molecule has 0 aromatic heterocycles. The third-order valence-electron chi connectivity index (χ3n) is 4.44. The zero-order chi connectivity index (χ0) is 23.9. The number of carbonyl (C=O) groups excluding carboxylic acids is 1. The summed E-state index contributed by atoms with van der Waals surface area (Å²) in [6, 6.07) is 1.06. The van der Waals surface area contributed by atoms with Crippen molar-refractivity contribution >= 4 is 31.9 Å². The Morgan fingerprint density at radius 1 is 1.03 bits per heavy atom. The maximum atomic E-state index is 15.8. The van der Waals surface area contributed by atoms with Gasteiger partial charge in [0.25, 0.3) is 0 Å². The highest BCUT2D eigenvalue weighted by Crippen LogP contribution is 2.48. The number of benzene rings is 1. The fourth-order valence-electron chi connectivity index (χ4n) is 2.43. The van der Waals surface area contributed by atoms with Crippen LogP contribution in [0, 0.1) is 11.6 Å². The van der Waals surface area contributed by atoms with E-state index in [1.54, 1.807) is 0 Å². The van der Waals surface area contributed by atoms with Gasteiger partial charge < -0.3 is 0 Å². The van der Waals surface area contributed by atoms with E-state index in [0.717, 1.165) is 27.7 Å². The highest BCUT2D eigenvalue weighted by atomic mass is 79.9. The van der Waals surface area contributed by atoms with Crippen LogP contribution in [0.2, 0.25) is 0 Å². The molecule has 1 atom stereocenters. The van der Waals surface area contributed by atoms with Crippen LogP contribution in [0.25, 0.3) is 0 Å². The van der Waals surface area contributed by atoms with Gasteiger partial charge in [0, 0.05) is 18.6 Å². The molecule has 0 spiro atoms. The second-order valence-electron chi connectivity index (χ2n) is 8.33. The Labute approximate surface area is 181 Å². The average molecular weight is 522 g/mol. The Hall–Kier alpha value is -1.24. The molecule has 12 heteroatoms. The molecule has 0 radical (unpaired) electrons. The number of halogens is 5. The van der Waals surface area contributed by atoms with Crippen LogP contribution in [-0.2, 0) is 30.1 Å². The molecule has 1 aromatic carbocycles. The molecule has 1 N–H and O–H groups in total. The lowest BCUT2D eigenvalue weighted by molar-refractivity contribution is -0.376. The maximum absolute atomic E-state index is 15.8. The standard InChI is InChI=1S/C18H24BrF4NO5S/c1-10(25)28-29-16(5,6)18(22,23)17(7,24-30(26,27)15(2,3)4)11-8-12(19)14(21)9-13(11)20/h8-9,24H,1-7H3. The lowest BCUT2D eigenvalue weighted by Crippen LogP contribution is -2.66. The Balaban J connectivity index is 3.82. The topological polar surface area (TPSA) is 81.7 Å². The van der Waals surface area contributed by atoms with E-state index in [4.69, 9.17) is 0 Å². The van der Waals surface area contributed by atoms with Crippen LogP contribution in [0.15, 0.2) is 16.6 Å². The molecule has 172 valence electrons. The number of carbonyl (C=O) groups is 1. The molecule has 6 nitrogen and oxygen atoms in total. The van der Waals surface area contributed by atoms with E-state index in [1.807, 2.05) is 4.72 Å². The molecule has 1 rings (SSSR count).